The summed E-state index contributed by atoms with van der Waals surface area (Å²) in [4.78, 5) is 0. The van der Waals surface area contributed by atoms with Crippen LogP contribution in [0, 0.1) is 11.2 Å². The van der Waals surface area contributed by atoms with Crippen molar-refractivity contribution in [3.8, 4) is 0 Å². The second-order valence-electron chi connectivity index (χ2n) is 6.55. The Hall–Kier alpha value is -0.970. The molecule has 1 aliphatic rings. The SMILES string of the molecule is COC1(C(NN)c2ccccc2F)CCC(C)(C)CC1. The van der Waals surface area contributed by atoms with Gasteiger partial charge >= 0.3 is 0 Å². The van der Waals surface area contributed by atoms with E-state index in [-0.39, 0.29) is 11.9 Å². The van der Waals surface area contributed by atoms with Crippen molar-refractivity contribution < 1.29 is 9.13 Å². The van der Waals surface area contributed by atoms with Crippen LogP contribution in [0.2, 0.25) is 0 Å². The highest BCUT2D eigenvalue weighted by Gasteiger charge is 2.45. The van der Waals surface area contributed by atoms with E-state index in [2.05, 4.69) is 19.3 Å². The largest absolute Gasteiger partial charge is 0.376 e. The third-order valence-electron chi connectivity index (χ3n) is 4.77. The smallest absolute Gasteiger partial charge is 0.128 e. The number of ether oxygens (including phenoxy) is 1. The van der Waals surface area contributed by atoms with Gasteiger partial charge in [0.25, 0.3) is 0 Å². The third-order valence-corrected chi connectivity index (χ3v) is 4.77. The quantitative estimate of drug-likeness (QED) is 0.657. The van der Waals surface area contributed by atoms with E-state index < -0.39 is 5.60 Å². The summed E-state index contributed by atoms with van der Waals surface area (Å²) >= 11 is 0. The van der Waals surface area contributed by atoms with Gasteiger partial charge in [-0.1, -0.05) is 32.0 Å². The molecule has 3 nitrogen and oxygen atoms in total. The number of nitrogens with one attached hydrogen (secondary N) is 1. The second-order valence-corrected chi connectivity index (χ2v) is 6.55. The van der Waals surface area contributed by atoms with E-state index >= 15 is 0 Å². The molecule has 1 unspecified atom stereocenters. The molecule has 1 saturated carbocycles. The Bertz CT molecular complexity index is 452. The normalized spacial score (nSPS) is 22.4. The van der Waals surface area contributed by atoms with E-state index in [0.29, 0.717) is 11.0 Å². The number of hydrogen-bond donors (Lipinski definition) is 2. The summed E-state index contributed by atoms with van der Waals surface area (Å²) < 4.78 is 19.9. The molecule has 0 spiro atoms. The van der Waals surface area contributed by atoms with Crippen molar-refractivity contribution in [2.45, 2.75) is 51.2 Å². The number of nitrogens with two attached hydrogens (primary N) is 1. The zero-order chi connectivity index (χ0) is 14.8. The van der Waals surface area contributed by atoms with Gasteiger partial charge in [-0.15, -0.1) is 0 Å². The average Bonchev–Trinajstić information content (AvgIpc) is 2.44. The monoisotopic (exact) mass is 280 g/mol. The molecule has 0 aliphatic heterocycles. The van der Waals surface area contributed by atoms with E-state index in [0.717, 1.165) is 25.7 Å². The summed E-state index contributed by atoms with van der Waals surface area (Å²) in [6.07, 6.45) is 3.85. The van der Waals surface area contributed by atoms with E-state index in [1.165, 1.54) is 6.07 Å². The van der Waals surface area contributed by atoms with Crippen LogP contribution in [0.3, 0.4) is 0 Å². The topological polar surface area (TPSA) is 47.3 Å². The van der Waals surface area contributed by atoms with E-state index in [9.17, 15) is 4.39 Å². The lowest BCUT2D eigenvalue weighted by Crippen LogP contribution is -2.51. The predicted octanol–water partition coefficient (Wildman–Crippen LogP) is 3.32. The Kier molecular flexibility index (Phi) is 4.47. The molecule has 20 heavy (non-hydrogen) atoms. The van der Waals surface area contributed by atoms with Crippen LogP contribution >= 0.6 is 0 Å². The van der Waals surface area contributed by atoms with Crippen molar-refractivity contribution in [2.75, 3.05) is 7.11 Å². The van der Waals surface area contributed by atoms with Crippen molar-refractivity contribution in [1.82, 2.24) is 5.43 Å². The predicted molar refractivity (Wildman–Crippen MR) is 78.5 cm³/mol. The molecule has 2 rings (SSSR count). The molecule has 1 aliphatic carbocycles. The van der Waals surface area contributed by atoms with Gasteiger partial charge in [-0.3, -0.25) is 5.84 Å². The number of methoxy groups -OCH3 is 1. The van der Waals surface area contributed by atoms with Crippen molar-refractivity contribution in [3.05, 3.63) is 35.6 Å². The van der Waals surface area contributed by atoms with Gasteiger partial charge < -0.3 is 4.74 Å². The Morgan fingerprint density at radius 3 is 2.30 bits per heavy atom. The molecule has 0 bridgehead atoms. The highest BCUT2D eigenvalue weighted by Crippen LogP contribution is 2.47. The van der Waals surface area contributed by atoms with Crippen LogP contribution in [0.1, 0.15) is 51.1 Å². The molecule has 1 aromatic rings. The van der Waals surface area contributed by atoms with Gasteiger partial charge in [0.15, 0.2) is 0 Å². The highest BCUT2D eigenvalue weighted by molar-refractivity contribution is 5.25. The van der Waals surface area contributed by atoms with Crippen LogP contribution in [0.25, 0.3) is 0 Å². The van der Waals surface area contributed by atoms with Crippen LogP contribution < -0.4 is 11.3 Å². The molecule has 112 valence electrons. The number of hydrazine groups is 1. The van der Waals surface area contributed by atoms with Gasteiger partial charge in [0.1, 0.15) is 5.82 Å². The van der Waals surface area contributed by atoms with E-state index in [1.807, 2.05) is 6.07 Å². The third kappa shape index (κ3) is 2.87. The minimum Gasteiger partial charge on any atom is -0.376 e. The van der Waals surface area contributed by atoms with Gasteiger partial charge in [-0.05, 0) is 37.2 Å². The Morgan fingerprint density at radius 1 is 1.20 bits per heavy atom. The number of halogens is 1. The van der Waals surface area contributed by atoms with E-state index in [1.54, 1.807) is 19.2 Å². The molecule has 1 aromatic carbocycles. The molecule has 0 aromatic heterocycles. The maximum Gasteiger partial charge on any atom is 0.128 e. The fourth-order valence-corrected chi connectivity index (χ4v) is 3.19. The van der Waals surface area contributed by atoms with Crippen molar-refractivity contribution in [2.24, 2.45) is 11.3 Å². The van der Waals surface area contributed by atoms with Gasteiger partial charge in [0.05, 0.1) is 11.6 Å². The van der Waals surface area contributed by atoms with Crippen molar-refractivity contribution in [3.63, 3.8) is 0 Å². The van der Waals surface area contributed by atoms with Gasteiger partial charge in [-0.2, -0.15) is 0 Å². The molecular weight excluding hydrogens is 255 g/mol. The first-order valence-electron chi connectivity index (χ1n) is 7.20. The van der Waals surface area contributed by atoms with Gasteiger partial charge in [-0.25, -0.2) is 9.82 Å². The van der Waals surface area contributed by atoms with Crippen LogP contribution in [-0.4, -0.2) is 12.7 Å². The average molecular weight is 280 g/mol. The lowest BCUT2D eigenvalue weighted by Gasteiger charge is -2.47. The summed E-state index contributed by atoms with van der Waals surface area (Å²) in [5, 5.41) is 0. The highest BCUT2D eigenvalue weighted by atomic mass is 19.1. The first-order chi connectivity index (χ1) is 9.44. The van der Waals surface area contributed by atoms with Crippen molar-refractivity contribution >= 4 is 0 Å². The summed E-state index contributed by atoms with van der Waals surface area (Å²) in [6, 6.07) is 6.44. The maximum atomic E-state index is 14.1. The minimum absolute atomic E-state index is 0.239. The van der Waals surface area contributed by atoms with Gasteiger partial charge in [0.2, 0.25) is 0 Å². The Balaban J connectivity index is 2.32. The zero-order valence-electron chi connectivity index (χ0n) is 12.6. The van der Waals surface area contributed by atoms with Crippen LogP contribution in [-0.2, 0) is 4.74 Å². The first kappa shape index (κ1) is 15.4. The van der Waals surface area contributed by atoms with Gasteiger partial charge in [0, 0.05) is 12.7 Å². The van der Waals surface area contributed by atoms with Crippen LogP contribution in [0.5, 0.6) is 0 Å². The lowest BCUT2D eigenvalue weighted by molar-refractivity contribution is -0.0883. The summed E-state index contributed by atoms with van der Waals surface area (Å²) in [6.45, 7) is 4.53. The maximum absolute atomic E-state index is 14.1. The fraction of sp³-hybridized carbons (Fsp3) is 0.625. The standard InChI is InChI=1S/C16H25FN2O/c1-15(2)8-10-16(20-3,11-9-15)14(19-18)12-6-4-5-7-13(12)17/h4-7,14,19H,8-11,18H2,1-3H3. The molecule has 1 fully saturated rings. The Labute approximate surface area is 120 Å². The zero-order valence-corrected chi connectivity index (χ0v) is 12.6. The molecule has 0 amide bonds. The number of benzene rings is 1. The van der Waals surface area contributed by atoms with Crippen LogP contribution in [0.15, 0.2) is 24.3 Å². The summed E-state index contributed by atoms with van der Waals surface area (Å²) in [7, 11) is 1.70. The molecular formula is C16H25FN2O. The fourth-order valence-electron chi connectivity index (χ4n) is 3.19. The Morgan fingerprint density at radius 2 is 1.80 bits per heavy atom. The first-order valence-corrected chi connectivity index (χ1v) is 7.20. The second kappa shape index (κ2) is 5.80. The molecule has 3 N–H and O–H groups in total. The minimum atomic E-state index is -0.438. The summed E-state index contributed by atoms with van der Waals surface area (Å²) in [5.74, 6) is 5.50. The molecule has 0 saturated heterocycles. The number of rotatable bonds is 4. The van der Waals surface area contributed by atoms with E-state index in [4.69, 9.17) is 10.6 Å². The molecule has 4 heteroatoms. The summed E-state index contributed by atoms with van der Waals surface area (Å²) in [5.41, 5.74) is 3.24. The van der Waals surface area contributed by atoms with Crippen molar-refractivity contribution in [1.29, 1.82) is 0 Å². The lowest BCUT2D eigenvalue weighted by atomic mass is 9.67. The number of hydrogen-bond acceptors (Lipinski definition) is 3. The molecule has 1 atom stereocenters. The molecule has 0 heterocycles. The van der Waals surface area contributed by atoms with Crippen LogP contribution in [0.4, 0.5) is 4.39 Å². The molecule has 0 radical (unpaired) electrons.